The summed E-state index contributed by atoms with van der Waals surface area (Å²) in [6.45, 7) is -0.488. The highest BCUT2D eigenvalue weighted by Crippen LogP contribution is 2.29. The summed E-state index contributed by atoms with van der Waals surface area (Å²) >= 11 is 2.00. The maximum absolute atomic E-state index is 12.0. The lowest BCUT2D eigenvalue weighted by molar-refractivity contribution is -0.119. The van der Waals surface area contributed by atoms with Crippen LogP contribution in [0.25, 0.3) is 0 Å². The molecule has 132 valence electrons. The summed E-state index contributed by atoms with van der Waals surface area (Å²) in [6.07, 6.45) is 0. The van der Waals surface area contributed by atoms with E-state index in [4.69, 9.17) is 14.2 Å². The first-order valence-electron chi connectivity index (χ1n) is 7.12. The van der Waals surface area contributed by atoms with Crippen LogP contribution in [0, 0.1) is 3.57 Å². The van der Waals surface area contributed by atoms with Crippen LogP contribution in [0.2, 0.25) is 0 Å². The number of halogens is 1. The Morgan fingerprint density at radius 1 is 1.08 bits per heavy atom. The van der Waals surface area contributed by atoms with E-state index in [1.165, 1.54) is 26.4 Å². The summed E-state index contributed by atoms with van der Waals surface area (Å²) < 4.78 is 16.0. The standard InChI is InChI=1S/C17H16INO6/c1-23-14-6-4-11(8-15(14)24-2)19-16(21)9-25-17(22)12-7-10(18)3-5-13(12)20/h3-8,20H,9H2,1-2H3,(H,19,21). The molecule has 2 N–H and O–H groups in total. The van der Waals surface area contributed by atoms with Gasteiger partial charge < -0.3 is 24.6 Å². The quantitative estimate of drug-likeness (QED) is 0.512. The third-order valence-corrected chi connectivity index (χ3v) is 3.85. The Bertz CT molecular complexity index is 793. The van der Waals surface area contributed by atoms with Gasteiger partial charge in [-0.3, -0.25) is 4.79 Å². The lowest BCUT2D eigenvalue weighted by Gasteiger charge is -2.11. The highest BCUT2D eigenvalue weighted by atomic mass is 127. The molecule has 0 spiro atoms. The van der Waals surface area contributed by atoms with Crippen molar-refractivity contribution in [2.45, 2.75) is 0 Å². The molecule has 1 amide bonds. The number of esters is 1. The topological polar surface area (TPSA) is 94.1 Å². The molecule has 0 aliphatic heterocycles. The summed E-state index contributed by atoms with van der Waals surface area (Å²) in [7, 11) is 2.99. The molecule has 0 saturated carbocycles. The van der Waals surface area contributed by atoms with Gasteiger partial charge in [0.25, 0.3) is 5.91 Å². The molecule has 7 nitrogen and oxygen atoms in total. The zero-order chi connectivity index (χ0) is 18.4. The number of nitrogens with one attached hydrogen (secondary N) is 1. The maximum Gasteiger partial charge on any atom is 0.342 e. The molecule has 0 aliphatic carbocycles. The fourth-order valence-electron chi connectivity index (χ4n) is 1.99. The molecule has 0 unspecified atom stereocenters. The first-order valence-corrected chi connectivity index (χ1v) is 8.20. The van der Waals surface area contributed by atoms with Gasteiger partial charge in [0, 0.05) is 15.3 Å². The van der Waals surface area contributed by atoms with Crippen LogP contribution in [0.3, 0.4) is 0 Å². The third-order valence-electron chi connectivity index (χ3n) is 3.18. The van der Waals surface area contributed by atoms with Crippen molar-refractivity contribution < 1.29 is 28.9 Å². The Morgan fingerprint density at radius 3 is 2.48 bits per heavy atom. The molecule has 8 heteroatoms. The fourth-order valence-corrected chi connectivity index (χ4v) is 2.48. The molecule has 2 rings (SSSR count). The SMILES string of the molecule is COc1ccc(NC(=O)COC(=O)c2cc(I)ccc2O)cc1OC. The highest BCUT2D eigenvalue weighted by Gasteiger charge is 2.15. The Morgan fingerprint density at radius 2 is 1.80 bits per heavy atom. The number of aromatic hydroxyl groups is 1. The zero-order valence-electron chi connectivity index (χ0n) is 13.5. The minimum atomic E-state index is -0.779. The van der Waals surface area contributed by atoms with Crippen LogP contribution in [-0.2, 0) is 9.53 Å². The van der Waals surface area contributed by atoms with Crippen LogP contribution in [0.5, 0.6) is 17.2 Å². The number of carbonyl (C=O) groups is 2. The van der Waals surface area contributed by atoms with E-state index in [0.717, 1.165) is 3.57 Å². The number of phenols is 1. The van der Waals surface area contributed by atoms with Gasteiger partial charge in [0.1, 0.15) is 11.3 Å². The maximum atomic E-state index is 12.0. The lowest BCUT2D eigenvalue weighted by Crippen LogP contribution is -2.21. The number of rotatable bonds is 6. The van der Waals surface area contributed by atoms with Crippen LogP contribution >= 0.6 is 22.6 Å². The Balaban J connectivity index is 1.96. The second kappa shape index (κ2) is 8.56. The molecule has 0 radical (unpaired) electrons. The van der Waals surface area contributed by atoms with Crippen molar-refractivity contribution in [1.29, 1.82) is 0 Å². The Labute approximate surface area is 158 Å². The molecule has 0 aliphatic rings. The van der Waals surface area contributed by atoms with Gasteiger partial charge in [0.2, 0.25) is 0 Å². The Hall–Kier alpha value is -2.49. The summed E-state index contributed by atoms with van der Waals surface area (Å²) in [5.41, 5.74) is 0.474. The van der Waals surface area contributed by atoms with Crippen molar-refractivity contribution in [1.82, 2.24) is 0 Å². The third kappa shape index (κ3) is 4.99. The van der Waals surface area contributed by atoms with Crippen molar-refractivity contribution >= 4 is 40.2 Å². The summed E-state index contributed by atoms with van der Waals surface area (Å²) in [6, 6.07) is 9.38. The number of ether oxygens (including phenoxy) is 3. The molecule has 2 aromatic rings. The van der Waals surface area contributed by atoms with E-state index in [-0.39, 0.29) is 11.3 Å². The van der Waals surface area contributed by atoms with Crippen molar-refractivity contribution in [2.24, 2.45) is 0 Å². The van der Waals surface area contributed by atoms with Crippen LogP contribution in [-0.4, -0.2) is 37.8 Å². The Kier molecular flexibility index (Phi) is 6.45. The molecule has 0 heterocycles. The highest BCUT2D eigenvalue weighted by molar-refractivity contribution is 14.1. The molecule has 25 heavy (non-hydrogen) atoms. The number of benzene rings is 2. The largest absolute Gasteiger partial charge is 0.507 e. The number of carbonyl (C=O) groups excluding carboxylic acids is 2. The van der Waals surface area contributed by atoms with Crippen LogP contribution in [0.4, 0.5) is 5.69 Å². The number of amides is 1. The summed E-state index contributed by atoms with van der Waals surface area (Å²) in [5, 5.41) is 12.3. The van der Waals surface area contributed by atoms with E-state index in [0.29, 0.717) is 17.2 Å². The van der Waals surface area contributed by atoms with Gasteiger partial charge in [0.15, 0.2) is 18.1 Å². The molecule has 2 aromatic carbocycles. The molecule has 0 atom stereocenters. The summed E-state index contributed by atoms with van der Waals surface area (Å²) in [4.78, 5) is 23.9. The van der Waals surface area contributed by atoms with E-state index in [1.54, 1.807) is 24.3 Å². The monoisotopic (exact) mass is 457 g/mol. The number of hydrogen-bond acceptors (Lipinski definition) is 6. The minimum Gasteiger partial charge on any atom is -0.507 e. The second-order valence-corrected chi connectivity index (χ2v) is 6.10. The lowest BCUT2D eigenvalue weighted by atomic mass is 10.2. The van der Waals surface area contributed by atoms with Gasteiger partial charge in [0.05, 0.1) is 14.2 Å². The van der Waals surface area contributed by atoms with Gasteiger partial charge in [-0.1, -0.05) is 0 Å². The first kappa shape index (κ1) is 18.8. The summed E-state index contributed by atoms with van der Waals surface area (Å²) in [5.74, 6) is -0.517. The van der Waals surface area contributed by atoms with E-state index < -0.39 is 18.5 Å². The molecule has 0 aromatic heterocycles. The minimum absolute atomic E-state index is 0.00539. The van der Waals surface area contributed by atoms with Gasteiger partial charge >= 0.3 is 5.97 Å². The molecule has 0 saturated heterocycles. The van der Waals surface area contributed by atoms with E-state index in [9.17, 15) is 14.7 Å². The van der Waals surface area contributed by atoms with Gasteiger partial charge in [-0.05, 0) is 52.9 Å². The number of anilines is 1. The van der Waals surface area contributed by atoms with E-state index in [1.807, 2.05) is 22.6 Å². The van der Waals surface area contributed by atoms with Crippen LogP contribution in [0.1, 0.15) is 10.4 Å². The van der Waals surface area contributed by atoms with Crippen molar-refractivity contribution in [3.63, 3.8) is 0 Å². The van der Waals surface area contributed by atoms with Gasteiger partial charge in [-0.15, -0.1) is 0 Å². The fraction of sp³-hybridized carbons (Fsp3) is 0.176. The molecule has 0 bridgehead atoms. The van der Waals surface area contributed by atoms with Crippen molar-refractivity contribution in [2.75, 3.05) is 26.1 Å². The molecular formula is C17H16INO6. The van der Waals surface area contributed by atoms with Crippen LogP contribution in [0.15, 0.2) is 36.4 Å². The predicted molar refractivity (Wildman–Crippen MR) is 99.3 cm³/mol. The first-order chi connectivity index (χ1) is 11.9. The number of methoxy groups -OCH3 is 2. The van der Waals surface area contributed by atoms with E-state index >= 15 is 0 Å². The van der Waals surface area contributed by atoms with E-state index in [2.05, 4.69) is 5.32 Å². The second-order valence-electron chi connectivity index (χ2n) is 4.86. The van der Waals surface area contributed by atoms with Crippen molar-refractivity contribution in [3.05, 3.63) is 45.5 Å². The normalized spacial score (nSPS) is 10.0. The van der Waals surface area contributed by atoms with Crippen LogP contribution < -0.4 is 14.8 Å². The number of phenolic OH excluding ortho intramolecular Hbond substituents is 1. The average molecular weight is 457 g/mol. The van der Waals surface area contributed by atoms with Gasteiger partial charge in [-0.2, -0.15) is 0 Å². The average Bonchev–Trinajstić information content (AvgIpc) is 2.61. The van der Waals surface area contributed by atoms with Crippen molar-refractivity contribution in [3.8, 4) is 17.2 Å². The predicted octanol–water partition coefficient (Wildman–Crippen LogP) is 2.81. The van der Waals surface area contributed by atoms with Gasteiger partial charge in [-0.25, -0.2) is 4.79 Å². The molecular weight excluding hydrogens is 441 g/mol. The smallest absolute Gasteiger partial charge is 0.342 e. The molecule has 0 fully saturated rings. The number of hydrogen-bond donors (Lipinski definition) is 2. The zero-order valence-corrected chi connectivity index (χ0v) is 15.7.